The molecule has 3 rings (SSSR count). The third kappa shape index (κ3) is 5.86. The Labute approximate surface area is 186 Å². The van der Waals surface area contributed by atoms with Crippen LogP contribution < -0.4 is 4.72 Å². The summed E-state index contributed by atoms with van der Waals surface area (Å²) in [6.07, 6.45) is -0.162. The van der Waals surface area contributed by atoms with E-state index in [1.54, 1.807) is 74.0 Å². The van der Waals surface area contributed by atoms with Gasteiger partial charge >= 0.3 is 5.97 Å². The number of benzene rings is 2. The van der Waals surface area contributed by atoms with E-state index in [9.17, 15) is 13.2 Å². The van der Waals surface area contributed by atoms with Crippen LogP contribution in [-0.4, -0.2) is 41.0 Å². The standard InChI is InChI=1S/C21H24N4O4S2/c1-14(2)29-19(26)13-30-21-23-22-20(25(21)4)16-7-9-17(10-8-16)24-31(27,28)18-11-5-15(3)6-12-18/h5-12,14,24H,13H2,1-4H3. The normalized spacial score (nSPS) is 11.5. The first-order valence-electron chi connectivity index (χ1n) is 9.57. The molecule has 0 saturated carbocycles. The lowest BCUT2D eigenvalue weighted by Gasteiger charge is -2.09. The van der Waals surface area contributed by atoms with E-state index in [0.717, 1.165) is 11.1 Å². The molecule has 0 bridgehead atoms. The van der Waals surface area contributed by atoms with Gasteiger partial charge in [-0.05, 0) is 57.2 Å². The van der Waals surface area contributed by atoms with E-state index in [-0.39, 0.29) is 22.7 Å². The number of hydrogen-bond donors (Lipinski definition) is 1. The number of sulfonamides is 1. The molecule has 0 aliphatic carbocycles. The molecule has 1 heterocycles. The number of anilines is 1. The molecule has 8 nitrogen and oxygen atoms in total. The van der Waals surface area contributed by atoms with Crippen LogP contribution in [0.2, 0.25) is 0 Å². The van der Waals surface area contributed by atoms with Crippen molar-refractivity contribution >= 4 is 33.4 Å². The third-order valence-electron chi connectivity index (χ3n) is 4.25. The Morgan fingerprint density at radius 2 is 1.74 bits per heavy atom. The summed E-state index contributed by atoms with van der Waals surface area (Å²) in [7, 11) is -1.86. The van der Waals surface area contributed by atoms with Crippen molar-refractivity contribution in [3.8, 4) is 11.4 Å². The highest BCUT2D eigenvalue weighted by molar-refractivity contribution is 7.99. The van der Waals surface area contributed by atoms with Gasteiger partial charge in [-0.1, -0.05) is 29.5 Å². The zero-order chi connectivity index (χ0) is 22.6. The summed E-state index contributed by atoms with van der Waals surface area (Å²) in [4.78, 5) is 11.9. The Kier molecular flexibility index (Phi) is 7.01. The molecule has 0 fully saturated rings. The first-order chi connectivity index (χ1) is 14.7. The predicted molar refractivity (Wildman–Crippen MR) is 120 cm³/mol. The molecule has 0 unspecified atom stereocenters. The van der Waals surface area contributed by atoms with Crippen LogP contribution in [-0.2, 0) is 26.6 Å². The summed E-state index contributed by atoms with van der Waals surface area (Å²) in [5.41, 5.74) is 2.20. The number of rotatable bonds is 8. The van der Waals surface area contributed by atoms with Crippen LogP contribution in [0.4, 0.5) is 5.69 Å². The van der Waals surface area contributed by atoms with Crippen LogP contribution in [0.15, 0.2) is 58.6 Å². The number of esters is 1. The van der Waals surface area contributed by atoms with Gasteiger partial charge in [0.1, 0.15) is 0 Å². The molecule has 3 aromatic rings. The summed E-state index contributed by atoms with van der Waals surface area (Å²) in [5, 5.41) is 8.90. The number of aromatic nitrogens is 3. The molecule has 164 valence electrons. The van der Waals surface area contributed by atoms with Crippen molar-refractivity contribution in [3.63, 3.8) is 0 Å². The van der Waals surface area contributed by atoms with Gasteiger partial charge in [0.15, 0.2) is 11.0 Å². The van der Waals surface area contributed by atoms with Gasteiger partial charge in [0.25, 0.3) is 10.0 Å². The molecule has 1 N–H and O–H groups in total. The molecule has 1 aromatic heterocycles. The van der Waals surface area contributed by atoms with Gasteiger partial charge in [-0.25, -0.2) is 8.42 Å². The second-order valence-corrected chi connectivity index (χ2v) is 9.81. The van der Waals surface area contributed by atoms with Crippen molar-refractivity contribution in [2.75, 3.05) is 10.5 Å². The molecule has 0 aliphatic rings. The Morgan fingerprint density at radius 1 is 1.10 bits per heavy atom. The van der Waals surface area contributed by atoms with Crippen LogP contribution in [0.5, 0.6) is 0 Å². The van der Waals surface area contributed by atoms with Crippen molar-refractivity contribution in [1.29, 1.82) is 0 Å². The number of hydrogen-bond acceptors (Lipinski definition) is 7. The van der Waals surface area contributed by atoms with Crippen molar-refractivity contribution in [3.05, 3.63) is 54.1 Å². The van der Waals surface area contributed by atoms with Gasteiger partial charge in [0, 0.05) is 18.3 Å². The highest BCUT2D eigenvalue weighted by Crippen LogP contribution is 2.25. The number of carbonyl (C=O) groups excluding carboxylic acids is 1. The average Bonchev–Trinajstić information content (AvgIpc) is 3.07. The van der Waals surface area contributed by atoms with E-state index >= 15 is 0 Å². The van der Waals surface area contributed by atoms with E-state index in [0.29, 0.717) is 16.7 Å². The summed E-state index contributed by atoms with van der Waals surface area (Å²) in [6.45, 7) is 5.50. The SMILES string of the molecule is Cc1ccc(S(=O)(=O)Nc2ccc(-c3nnc(SCC(=O)OC(C)C)n3C)cc2)cc1. The van der Waals surface area contributed by atoms with Crippen molar-refractivity contribution in [1.82, 2.24) is 14.8 Å². The topological polar surface area (TPSA) is 103 Å². The molecule has 0 spiro atoms. The Morgan fingerprint density at radius 3 is 2.35 bits per heavy atom. The summed E-state index contributed by atoms with van der Waals surface area (Å²) >= 11 is 1.25. The number of thioether (sulfide) groups is 1. The molecule has 10 heteroatoms. The van der Waals surface area contributed by atoms with E-state index in [1.807, 2.05) is 6.92 Å². The van der Waals surface area contributed by atoms with Crippen LogP contribution >= 0.6 is 11.8 Å². The van der Waals surface area contributed by atoms with Gasteiger partial charge in [-0.15, -0.1) is 10.2 Å². The molecular weight excluding hydrogens is 436 g/mol. The van der Waals surface area contributed by atoms with Crippen LogP contribution in [0.1, 0.15) is 19.4 Å². The van der Waals surface area contributed by atoms with E-state index in [2.05, 4.69) is 14.9 Å². The van der Waals surface area contributed by atoms with Crippen molar-refractivity contribution in [2.45, 2.75) is 36.9 Å². The molecule has 0 aliphatic heterocycles. The zero-order valence-electron chi connectivity index (χ0n) is 17.7. The lowest BCUT2D eigenvalue weighted by atomic mass is 10.2. The predicted octanol–water partition coefficient (Wildman–Crippen LogP) is 3.64. The minimum Gasteiger partial charge on any atom is -0.462 e. The van der Waals surface area contributed by atoms with Crippen molar-refractivity contribution < 1.29 is 17.9 Å². The second-order valence-electron chi connectivity index (χ2n) is 7.19. The molecule has 0 amide bonds. The van der Waals surface area contributed by atoms with Crippen molar-refractivity contribution in [2.24, 2.45) is 7.05 Å². The Balaban J connectivity index is 1.69. The number of ether oxygens (including phenoxy) is 1. The lowest BCUT2D eigenvalue weighted by Crippen LogP contribution is -2.13. The lowest BCUT2D eigenvalue weighted by molar-refractivity contribution is -0.144. The van der Waals surface area contributed by atoms with E-state index in [1.165, 1.54) is 11.8 Å². The van der Waals surface area contributed by atoms with Gasteiger partial charge in [-0.2, -0.15) is 0 Å². The van der Waals surface area contributed by atoms with Crippen LogP contribution in [0, 0.1) is 6.92 Å². The average molecular weight is 461 g/mol. The fourth-order valence-electron chi connectivity index (χ4n) is 2.73. The van der Waals surface area contributed by atoms with Gasteiger partial charge in [-0.3, -0.25) is 9.52 Å². The number of carbonyl (C=O) groups is 1. The molecular formula is C21H24N4O4S2. The highest BCUT2D eigenvalue weighted by Gasteiger charge is 2.16. The maximum absolute atomic E-state index is 12.5. The number of nitrogens with zero attached hydrogens (tertiary/aromatic N) is 3. The fourth-order valence-corrected chi connectivity index (χ4v) is 4.48. The van der Waals surface area contributed by atoms with Gasteiger partial charge < -0.3 is 9.30 Å². The second kappa shape index (κ2) is 9.52. The largest absolute Gasteiger partial charge is 0.462 e. The maximum Gasteiger partial charge on any atom is 0.316 e. The quantitative estimate of drug-likeness (QED) is 0.404. The van der Waals surface area contributed by atoms with Gasteiger partial charge in [0.05, 0.1) is 16.8 Å². The fraction of sp³-hybridized carbons (Fsp3) is 0.286. The van der Waals surface area contributed by atoms with Crippen LogP contribution in [0.3, 0.4) is 0 Å². The molecule has 0 radical (unpaired) electrons. The smallest absolute Gasteiger partial charge is 0.316 e. The van der Waals surface area contributed by atoms with E-state index in [4.69, 9.17) is 4.74 Å². The minimum atomic E-state index is -3.67. The van der Waals surface area contributed by atoms with Gasteiger partial charge in [0.2, 0.25) is 0 Å². The van der Waals surface area contributed by atoms with Crippen LogP contribution in [0.25, 0.3) is 11.4 Å². The highest BCUT2D eigenvalue weighted by atomic mass is 32.2. The maximum atomic E-state index is 12.5. The molecule has 0 saturated heterocycles. The molecule has 0 atom stereocenters. The first-order valence-corrected chi connectivity index (χ1v) is 12.0. The zero-order valence-corrected chi connectivity index (χ0v) is 19.3. The number of aryl methyl sites for hydroxylation is 1. The third-order valence-corrected chi connectivity index (χ3v) is 6.64. The Bertz CT molecular complexity index is 1160. The van der Waals surface area contributed by atoms with E-state index < -0.39 is 10.0 Å². The minimum absolute atomic E-state index is 0.143. The first kappa shape index (κ1) is 22.8. The number of nitrogens with one attached hydrogen (secondary N) is 1. The monoisotopic (exact) mass is 460 g/mol. The summed E-state index contributed by atoms with van der Waals surface area (Å²) < 4.78 is 34.6. The molecule has 2 aromatic carbocycles. The summed E-state index contributed by atoms with van der Waals surface area (Å²) in [5.74, 6) is 0.437. The Hall–Kier alpha value is -2.85. The summed E-state index contributed by atoms with van der Waals surface area (Å²) in [6, 6.07) is 13.5. The molecule has 31 heavy (non-hydrogen) atoms.